The molecular weight excluding hydrogens is 408 g/mol. The van der Waals surface area contributed by atoms with Crippen LogP contribution in [0.3, 0.4) is 0 Å². The molecule has 29 heavy (non-hydrogen) atoms. The molecule has 4 rings (SSSR count). The Balaban J connectivity index is 1.77. The van der Waals surface area contributed by atoms with Gasteiger partial charge in [-0.3, -0.25) is 0 Å². The maximum Gasteiger partial charge on any atom is 0.327 e. The van der Waals surface area contributed by atoms with Crippen LogP contribution in [0.15, 0.2) is 60.7 Å². The molecule has 0 saturated carbocycles. The third kappa shape index (κ3) is 3.21. The summed E-state index contributed by atoms with van der Waals surface area (Å²) in [6.45, 7) is -0.907. The second-order valence-electron chi connectivity index (χ2n) is 6.44. The Labute approximate surface area is 164 Å². The Morgan fingerprint density at radius 1 is 0.621 bits per heavy atom. The molecule has 0 unspecified atom stereocenters. The molecule has 0 fully saturated rings. The number of nitrogens with zero attached hydrogens (tertiary/aromatic N) is 2. The summed E-state index contributed by atoms with van der Waals surface area (Å²) >= 11 is 0. The van der Waals surface area contributed by atoms with Gasteiger partial charge in [0.25, 0.3) is 0 Å². The summed E-state index contributed by atoms with van der Waals surface area (Å²) in [5.41, 5.74) is 0.158. The lowest BCUT2D eigenvalue weighted by molar-refractivity contribution is 0.498. The van der Waals surface area contributed by atoms with Gasteiger partial charge < -0.3 is 0 Å². The highest BCUT2D eigenvalue weighted by atomic mass is 32.2. The largest absolute Gasteiger partial charge is 0.327 e. The van der Waals surface area contributed by atoms with Gasteiger partial charge in [-0.2, -0.15) is 8.42 Å². The van der Waals surface area contributed by atoms with E-state index in [1.165, 1.54) is 36.4 Å². The molecule has 1 aliphatic rings. The quantitative estimate of drug-likeness (QED) is 0.581. The van der Waals surface area contributed by atoms with Crippen molar-refractivity contribution in [2.24, 2.45) is 0 Å². The molecule has 0 aliphatic carbocycles. The van der Waals surface area contributed by atoms with Gasteiger partial charge in [0.05, 0.1) is 24.5 Å². The smallest absolute Gasteiger partial charge is 0.247 e. The molecule has 3 aromatic carbocycles. The fraction of sp³-hybridized carbons (Fsp3) is 0.100. The maximum absolute atomic E-state index is 14.1. The van der Waals surface area contributed by atoms with Crippen LogP contribution < -0.4 is 8.61 Å². The minimum absolute atomic E-state index is 0.151. The van der Waals surface area contributed by atoms with Crippen molar-refractivity contribution in [1.29, 1.82) is 0 Å². The van der Waals surface area contributed by atoms with E-state index in [4.69, 9.17) is 0 Å². The number of hydrogen-bond donors (Lipinski definition) is 0. The Kier molecular flexibility index (Phi) is 4.70. The molecule has 0 radical (unpaired) electrons. The second-order valence-corrected chi connectivity index (χ2v) is 8.21. The van der Waals surface area contributed by atoms with Gasteiger partial charge in [0.2, 0.25) is 0 Å². The van der Waals surface area contributed by atoms with Gasteiger partial charge in [0.1, 0.15) is 0 Å². The lowest BCUT2D eigenvalue weighted by atomic mass is 10.1. The van der Waals surface area contributed by atoms with Crippen molar-refractivity contribution >= 4 is 21.6 Å². The van der Waals surface area contributed by atoms with Gasteiger partial charge in [0, 0.05) is 11.1 Å². The molecule has 150 valence electrons. The molecule has 4 nitrogen and oxygen atoms in total. The van der Waals surface area contributed by atoms with Gasteiger partial charge in [-0.1, -0.05) is 36.4 Å². The summed E-state index contributed by atoms with van der Waals surface area (Å²) < 4.78 is 83.5. The molecule has 0 atom stereocenters. The first-order chi connectivity index (χ1) is 13.8. The van der Waals surface area contributed by atoms with E-state index in [0.29, 0.717) is 0 Å². The van der Waals surface area contributed by atoms with Crippen molar-refractivity contribution in [2.75, 3.05) is 8.61 Å². The Morgan fingerprint density at radius 2 is 1.03 bits per heavy atom. The SMILES string of the molecule is O=S1(=O)N(Cc2cccc(F)c2F)c2ccccc2N1Cc1cccc(F)c1F. The van der Waals surface area contributed by atoms with E-state index in [1.807, 2.05) is 0 Å². The predicted octanol–water partition coefficient (Wildman–Crippen LogP) is 4.51. The van der Waals surface area contributed by atoms with Gasteiger partial charge >= 0.3 is 10.2 Å². The van der Waals surface area contributed by atoms with Crippen molar-refractivity contribution < 1.29 is 26.0 Å². The van der Waals surface area contributed by atoms with Gasteiger partial charge in [-0.15, -0.1) is 0 Å². The van der Waals surface area contributed by atoms with Crippen LogP contribution in [0.5, 0.6) is 0 Å². The maximum atomic E-state index is 14.1. The molecule has 1 aliphatic heterocycles. The minimum Gasteiger partial charge on any atom is -0.247 e. The van der Waals surface area contributed by atoms with E-state index >= 15 is 0 Å². The van der Waals surface area contributed by atoms with Crippen LogP contribution in [0.2, 0.25) is 0 Å². The third-order valence-corrected chi connectivity index (χ3v) is 6.43. The van der Waals surface area contributed by atoms with Crippen LogP contribution in [0.1, 0.15) is 11.1 Å². The van der Waals surface area contributed by atoms with Crippen LogP contribution in [-0.2, 0) is 23.3 Å². The summed E-state index contributed by atoms with van der Waals surface area (Å²) in [5, 5.41) is 0. The van der Waals surface area contributed by atoms with Crippen molar-refractivity contribution in [3.63, 3.8) is 0 Å². The van der Waals surface area contributed by atoms with Crippen LogP contribution in [0, 0.1) is 23.3 Å². The first kappa shape index (κ1) is 19.3. The molecule has 3 aromatic rings. The summed E-state index contributed by atoms with van der Waals surface area (Å²) in [6, 6.07) is 13.2. The van der Waals surface area contributed by atoms with Crippen LogP contribution in [0.4, 0.5) is 28.9 Å². The van der Waals surface area contributed by atoms with Crippen molar-refractivity contribution in [1.82, 2.24) is 0 Å². The van der Waals surface area contributed by atoms with Crippen molar-refractivity contribution in [3.8, 4) is 0 Å². The molecule has 1 heterocycles. The summed E-state index contributed by atoms with van der Waals surface area (Å²) in [6.07, 6.45) is 0. The van der Waals surface area contributed by atoms with E-state index in [0.717, 1.165) is 20.7 Å². The Morgan fingerprint density at radius 3 is 1.45 bits per heavy atom. The topological polar surface area (TPSA) is 40.6 Å². The van der Waals surface area contributed by atoms with Gasteiger partial charge in [-0.25, -0.2) is 26.2 Å². The summed E-state index contributed by atoms with van der Waals surface area (Å²) in [4.78, 5) is 0. The third-order valence-electron chi connectivity index (χ3n) is 4.67. The molecule has 0 bridgehead atoms. The molecule has 0 amide bonds. The van der Waals surface area contributed by atoms with Crippen molar-refractivity contribution in [3.05, 3.63) is 95.1 Å². The zero-order chi connectivity index (χ0) is 20.8. The Hall–Kier alpha value is -3.07. The highest BCUT2D eigenvalue weighted by Gasteiger charge is 2.40. The molecular formula is C20H14F4N2O2S. The molecule has 0 N–H and O–H groups in total. The number of hydrogen-bond acceptors (Lipinski definition) is 2. The number of fused-ring (bicyclic) bond motifs is 1. The standard InChI is InChI=1S/C20H14F4N2O2S/c21-15-7-3-5-13(19(15)23)11-25-17-9-1-2-10-18(17)26(29(25,27)28)12-14-6-4-8-16(22)20(14)24/h1-10H,11-12H2. The van der Waals surface area contributed by atoms with Crippen LogP contribution >= 0.6 is 0 Å². The second kappa shape index (κ2) is 7.07. The van der Waals surface area contributed by atoms with E-state index in [1.54, 1.807) is 12.1 Å². The van der Waals surface area contributed by atoms with Crippen LogP contribution in [0.25, 0.3) is 0 Å². The molecule has 9 heteroatoms. The predicted molar refractivity (Wildman–Crippen MR) is 100 cm³/mol. The number of rotatable bonds is 4. The van der Waals surface area contributed by atoms with Crippen molar-refractivity contribution in [2.45, 2.75) is 13.1 Å². The number of halogens is 4. The highest BCUT2D eigenvalue weighted by Crippen LogP contribution is 2.42. The fourth-order valence-corrected chi connectivity index (χ4v) is 4.89. The first-order valence-electron chi connectivity index (χ1n) is 8.56. The normalized spacial score (nSPS) is 14.9. The minimum atomic E-state index is -4.25. The van der Waals surface area contributed by atoms with Gasteiger partial charge in [0.15, 0.2) is 23.3 Å². The van der Waals surface area contributed by atoms with Gasteiger partial charge in [-0.05, 0) is 24.3 Å². The highest BCUT2D eigenvalue weighted by molar-refractivity contribution is 7.94. The first-order valence-corrected chi connectivity index (χ1v) is 9.95. The fourth-order valence-electron chi connectivity index (χ4n) is 3.24. The summed E-state index contributed by atoms with van der Waals surface area (Å²) in [5.74, 6) is -4.47. The van der Waals surface area contributed by atoms with E-state index < -0.39 is 46.6 Å². The Bertz CT molecular complexity index is 1110. The zero-order valence-corrected chi connectivity index (χ0v) is 15.6. The van der Waals surface area contributed by atoms with E-state index in [2.05, 4.69) is 0 Å². The number of para-hydroxylation sites is 2. The molecule has 0 saturated heterocycles. The average Bonchev–Trinajstić information content (AvgIpc) is 2.90. The molecule has 0 aromatic heterocycles. The molecule has 0 spiro atoms. The lowest BCUT2D eigenvalue weighted by Crippen LogP contribution is -2.37. The zero-order valence-electron chi connectivity index (χ0n) is 14.8. The van der Waals surface area contributed by atoms with Crippen LogP contribution in [-0.4, -0.2) is 8.42 Å². The summed E-state index contributed by atoms with van der Waals surface area (Å²) in [7, 11) is -4.25. The monoisotopic (exact) mass is 422 g/mol. The lowest BCUT2D eigenvalue weighted by Gasteiger charge is -2.22. The number of anilines is 2. The van der Waals surface area contributed by atoms with E-state index in [9.17, 15) is 26.0 Å². The average molecular weight is 422 g/mol. The van der Waals surface area contributed by atoms with E-state index in [-0.39, 0.29) is 22.5 Å². The number of benzene rings is 3.